The molecule has 20 heavy (non-hydrogen) atoms. The summed E-state index contributed by atoms with van der Waals surface area (Å²) in [5.74, 6) is 0. The van der Waals surface area contributed by atoms with Crippen LogP contribution in [0, 0.1) is 11.3 Å². The maximum Gasteiger partial charge on any atom is 0.124 e. The van der Waals surface area contributed by atoms with Crippen LogP contribution in [0.4, 0.5) is 5.69 Å². The normalized spacial score (nSPS) is 10.3. The third-order valence-electron chi connectivity index (χ3n) is 2.93. The zero-order valence-corrected chi connectivity index (χ0v) is 12.7. The van der Waals surface area contributed by atoms with Crippen molar-refractivity contribution < 1.29 is 4.74 Å². The molecule has 1 heterocycles. The lowest BCUT2D eigenvalue weighted by Crippen LogP contribution is -2.07. The van der Waals surface area contributed by atoms with Crippen LogP contribution in [-0.4, -0.2) is 26.2 Å². The first-order chi connectivity index (χ1) is 9.65. The van der Waals surface area contributed by atoms with E-state index in [0.717, 1.165) is 26.8 Å². The van der Waals surface area contributed by atoms with E-state index in [1.165, 1.54) is 0 Å². The smallest absolute Gasteiger partial charge is 0.124 e. The van der Waals surface area contributed by atoms with Crippen LogP contribution in [0.5, 0.6) is 0 Å². The second kappa shape index (κ2) is 6.51. The van der Waals surface area contributed by atoms with Crippen LogP contribution in [0.25, 0.3) is 10.6 Å². The van der Waals surface area contributed by atoms with Gasteiger partial charge in [0.05, 0.1) is 24.8 Å². The van der Waals surface area contributed by atoms with Gasteiger partial charge in [-0.15, -0.1) is 11.3 Å². The van der Waals surface area contributed by atoms with Gasteiger partial charge in [-0.25, -0.2) is 4.98 Å². The van der Waals surface area contributed by atoms with Crippen LogP contribution >= 0.6 is 11.3 Å². The van der Waals surface area contributed by atoms with Gasteiger partial charge in [-0.05, 0) is 24.3 Å². The summed E-state index contributed by atoms with van der Waals surface area (Å²) in [6, 6.07) is 10.4. The fourth-order valence-corrected chi connectivity index (χ4v) is 2.87. The van der Waals surface area contributed by atoms with E-state index in [9.17, 15) is 0 Å². The first-order valence-corrected chi connectivity index (χ1v) is 7.09. The molecule has 0 aliphatic rings. The summed E-state index contributed by atoms with van der Waals surface area (Å²) < 4.78 is 5.14. The molecule has 2 aromatic rings. The molecule has 0 bridgehead atoms. The van der Waals surface area contributed by atoms with Crippen LogP contribution in [0.1, 0.15) is 10.6 Å². The van der Waals surface area contributed by atoms with Gasteiger partial charge in [0.1, 0.15) is 5.01 Å². The van der Waals surface area contributed by atoms with Gasteiger partial charge < -0.3 is 9.64 Å². The molecule has 0 saturated heterocycles. The molecule has 0 aliphatic carbocycles. The quantitative estimate of drug-likeness (QED) is 0.848. The van der Waals surface area contributed by atoms with E-state index in [-0.39, 0.29) is 0 Å². The highest BCUT2D eigenvalue weighted by atomic mass is 32.1. The Hall–Kier alpha value is -1.90. The van der Waals surface area contributed by atoms with Crippen LogP contribution < -0.4 is 4.90 Å². The summed E-state index contributed by atoms with van der Waals surface area (Å²) in [7, 11) is 5.67. The topological polar surface area (TPSA) is 49.1 Å². The molecule has 1 aromatic carbocycles. The lowest BCUT2D eigenvalue weighted by molar-refractivity contribution is 0.181. The minimum atomic E-state index is 0.381. The number of nitrogens with zero attached hydrogens (tertiary/aromatic N) is 3. The summed E-state index contributed by atoms with van der Waals surface area (Å²) in [4.78, 5) is 7.64. The maximum absolute atomic E-state index is 8.87. The number of hydrogen-bond acceptors (Lipinski definition) is 5. The summed E-state index contributed by atoms with van der Waals surface area (Å²) in [6.45, 7) is 0.448. The minimum absolute atomic E-state index is 0.381. The predicted octanol–water partition coefficient (Wildman–Crippen LogP) is 3.09. The summed E-state index contributed by atoms with van der Waals surface area (Å²) in [6.07, 6.45) is 0.381. The van der Waals surface area contributed by atoms with E-state index >= 15 is 0 Å². The van der Waals surface area contributed by atoms with Gasteiger partial charge in [0.25, 0.3) is 0 Å². The first kappa shape index (κ1) is 14.5. The lowest BCUT2D eigenvalue weighted by atomic mass is 10.2. The van der Waals surface area contributed by atoms with Crippen LogP contribution in [0.15, 0.2) is 24.3 Å². The molecule has 0 N–H and O–H groups in total. The molecule has 0 aliphatic heterocycles. The van der Waals surface area contributed by atoms with Crippen molar-refractivity contribution in [1.82, 2.24) is 4.98 Å². The van der Waals surface area contributed by atoms with E-state index in [1.807, 2.05) is 14.1 Å². The molecule has 2 rings (SSSR count). The van der Waals surface area contributed by atoms with Crippen molar-refractivity contribution >= 4 is 17.0 Å². The van der Waals surface area contributed by atoms with E-state index in [2.05, 4.69) is 40.2 Å². The highest BCUT2D eigenvalue weighted by Gasteiger charge is 2.12. The molecule has 0 unspecified atom stereocenters. The number of aromatic nitrogens is 1. The number of nitriles is 1. The SMILES string of the molecule is COCc1nc(-c2ccc(N(C)C)cc2)sc1CC#N. The highest BCUT2D eigenvalue weighted by molar-refractivity contribution is 7.15. The fourth-order valence-electron chi connectivity index (χ4n) is 1.87. The van der Waals surface area contributed by atoms with E-state index in [1.54, 1.807) is 18.4 Å². The van der Waals surface area contributed by atoms with Crippen LogP contribution in [0.2, 0.25) is 0 Å². The molecular weight excluding hydrogens is 270 g/mol. The van der Waals surface area contributed by atoms with E-state index in [4.69, 9.17) is 10.00 Å². The number of hydrogen-bond donors (Lipinski definition) is 0. The van der Waals surface area contributed by atoms with Gasteiger partial charge in [0.2, 0.25) is 0 Å². The number of anilines is 1. The molecule has 5 heteroatoms. The van der Waals surface area contributed by atoms with Crippen molar-refractivity contribution in [2.75, 3.05) is 26.1 Å². The van der Waals surface area contributed by atoms with E-state index in [0.29, 0.717) is 13.0 Å². The van der Waals surface area contributed by atoms with Gasteiger partial charge in [-0.3, -0.25) is 0 Å². The highest BCUT2D eigenvalue weighted by Crippen LogP contribution is 2.30. The van der Waals surface area contributed by atoms with Crippen LogP contribution in [-0.2, 0) is 17.8 Å². The Morgan fingerprint density at radius 3 is 2.55 bits per heavy atom. The zero-order valence-electron chi connectivity index (χ0n) is 11.9. The molecule has 104 valence electrons. The average Bonchev–Trinajstić information content (AvgIpc) is 2.83. The summed E-state index contributed by atoms with van der Waals surface area (Å²) >= 11 is 1.56. The first-order valence-electron chi connectivity index (χ1n) is 6.28. The van der Waals surface area contributed by atoms with Gasteiger partial charge in [-0.1, -0.05) is 0 Å². The molecule has 0 amide bonds. The Labute approximate surface area is 123 Å². The predicted molar refractivity (Wildman–Crippen MR) is 81.9 cm³/mol. The number of rotatable bonds is 5. The number of methoxy groups -OCH3 is 1. The van der Waals surface area contributed by atoms with Crippen molar-refractivity contribution in [1.29, 1.82) is 5.26 Å². The molecule has 0 saturated carbocycles. The van der Waals surface area contributed by atoms with Crippen molar-refractivity contribution in [2.24, 2.45) is 0 Å². The zero-order chi connectivity index (χ0) is 14.5. The second-order valence-electron chi connectivity index (χ2n) is 4.60. The Morgan fingerprint density at radius 1 is 1.30 bits per heavy atom. The van der Waals surface area contributed by atoms with Gasteiger partial charge in [-0.2, -0.15) is 5.26 Å². The van der Waals surface area contributed by atoms with Crippen molar-refractivity contribution in [2.45, 2.75) is 13.0 Å². The largest absolute Gasteiger partial charge is 0.378 e. The number of benzene rings is 1. The third kappa shape index (κ3) is 3.16. The minimum Gasteiger partial charge on any atom is -0.378 e. The maximum atomic E-state index is 8.87. The van der Waals surface area contributed by atoms with Crippen molar-refractivity contribution in [3.8, 4) is 16.6 Å². The van der Waals surface area contributed by atoms with E-state index < -0.39 is 0 Å². The number of ether oxygens (including phenoxy) is 1. The van der Waals surface area contributed by atoms with Crippen molar-refractivity contribution in [3.63, 3.8) is 0 Å². The molecule has 0 fully saturated rings. The monoisotopic (exact) mass is 287 g/mol. The number of thiazole rings is 1. The van der Waals surface area contributed by atoms with Crippen molar-refractivity contribution in [3.05, 3.63) is 34.8 Å². The van der Waals surface area contributed by atoms with Crippen LogP contribution in [0.3, 0.4) is 0 Å². The second-order valence-corrected chi connectivity index (χ2v) is 5.68. The summed E-state index contributed by atoms with van der Waals surface area (Å²) in [5, 5.41) is 9.81. The molecule has 0 atom stereocenters. The van der Waals surface area contributed by atoms with Gasteiger partial charge in [0, 0.05) is 37.3 Å². The van der Waals surface area contributed by atoms with Gasteiger partial charge >= 0.3 is 0 Å². The Balaban J connectivity index is 2.32. The Bertz CT molecular complexity index is 611. The third-order valence-corrected chi connectivity index (χ3v) is 4.08. The fraction of sp³-hybridized carbons (Fsp3) is 0.333. The standard InChI is InChI=1S/C15H17N3OS/c1-18(2)12-6-4-11(5-7-12)15-17-13(10-19-3)14(20-15)8-9-16/h4-7H,8,10H2,1-3H3. The molecule has 1 aromatic heterocycles. The Kier molecular flexibility index (Phi) is 4.72. The molecular formula is C15H17N3OS. The molecule has 4 nitrogen and oxygen atoms in total. The Morgan fingerprint density at radius 2 is 2.00 bits per heavy atom. The van der Waals surface area contributed by atoms with Gasteiger partial charge in [0.15, 0.2) is 0 Å². The molecule has 0 radical (unpaired) electrons. The summed E-state index contributed by atoms with van der Waals surface area (Å²) in [5.41, 5.74) is 3.09. The average molecular weight is 287 g/mol. The molecule has 0 spiro atoms. The lowest BCUT2D eigenvalue weighted by Gasteiger charge is -2.11.